The Morgan fingerprint density at radius 3 is 2.41 bits per heavy atom. The summed E-state index contributed by atoms with van der Waals surface area (Å²) in [5, 5.41) is 11.0. The Bertz CT molecular complexity index is 733. The highest BCUT2D eigenvalue weighted by Crippen LogP contribution is 2.21. The van der Waals surface area contributed by atoms with Crippen LogP contribution in [0, 0.1) is 0 Å². The summed E-state index contributed by atoms with van der Waals surface area (Å²) in [7, 11) is 0. The molecule has 0 aromatic heterocycles. The summed E-state index contributed by atoms with van der Waals surface area (Å²) in [5.74, 6) is -0.843. The first-order valence-corrected chi connectivity index (χ1v) is 6.70. The summed E-state index contributed by atoms with van der Waals surface area (Å²) in [4.78, 5) is 23.1. The molecule has 0 fully saturated rings. The van der Waals surface area contributed by atoms with E-state index in [1.54, 1.807) is 43.3 Å². The van der Waals surface area contributed by atoms with Gasteiger partial charge in [-0.3, -0.25) is 0 Å². The van der Waals surface area contributed by atoms with Crippen LogP contribution >= 0.6 is 0 Å². The molecule has 2 aromatic carbocycles. The number of ether oxygens (including phenoxy) is 2. The number of benzene rings is 2. The first kappa shape index (κ1) is 15.6. The van der Waals surface area contributed by atoms with Gasteiger partial charge >= 0.3 is 11.9 Å². The molecule has 5 heteroatoms. The predicted octanol–water partition coefficient (Wildman–Crippen LogP) is 2.82. The molecule has 0 aliphatic rings. The number of phenolic OH excluding ortho intramolecular Hbond substituents is 1. The molecule has 114 valence electrons. The maximum atomic E-state index is 11.9. The number of rotatable bonds is 5. The highest BCUT2D eigenvalue weighted by molar-refractivity contribution is 5.95. The fourth-order valence-corrected chi connectivity index (χ4v) is 1.84. The van der Waals surface area contributed by atoms with Crippen molar-refractivity contribution in [3.05, 3.63) is 54.1 Å². The fourth-order valence-electron chi connectivity index (χ4n) is 1.84. The van der Waals surface area contributed by atoms with Crippen LogP contribution in [0.1, 0.15) is 17.3 Å². The predicted molar refractivity (Wildman–Crippen MR) is 81.7 cm³/mol. The van der Waals surface area contributed by atoms with E-state index >= 15 is 0 Å². The minimum atomic E-state index is -0.512. The van der Waals surface area contributed by atoms with E-state index in [0.717, 1.165) is 10.8 Å². The van der Waals surface area contributed by atoms with Crippen LogP contribution in [0.3, 0.4) is 0 Å². The van der Waals surface area contributed by atoms with E-state index in [-0.39, 0.29) is 19.0 Å². The maximum Gasteiger partial charge on any atom is 0.338 e. The zero-order chi connectivity index (χ0) is 16.1. The largest absolute Gasteiger partial charge is 0.508 e. The van der Waals surface area contributed by atoms with Crippen molar-refractivity contribution < 1.29 is 24.2 Å². The molecule has 0 aliphatic carbocycles. The van der Waals surface area contributed by atoms with Gasteiger partial charge in [0, 0.05) is 5.57 Å². The molecule has 2 aromatic rings. The van der Waals surface area contributed by atoms with Crippen molar-refractivity contribution in [2.24, 2.45) is 0 Å². The SMILES string of the molecule is C=C(C)C(=O)OCCOC(=O)c1ccc2cc(O)ccc2c1. The lowest BCUT2D eigenvalue weighted by Crippen LogP contribution is -2.14. The van der Waals surface area contributed by atoms with E-state index in [1.807, 2.05) is 0 Å². The molecule has 0 radical (unpaired) electrons. The number of phenols is 1. The van der Waals surface area contributed by atoms with Crippen LogP contribution in [0.15, 0.2) is 48.6 Å². The second-order valence-corrected chi connectivity index (χ2v) is 4.80. The van der Waals surface area contributed by atoms with Crippen molar-refractivity contribution in [3.8, 4) is 5.75 Å². The average molecular weight is 300 g/mol. The van der Waals surface area contributed by atoms with Crippen LogP contribution < -0.4 is 0 Å². The molecule has 0 amide bonds. The van der Waals surface area contributed by atoms with Crippen LogP contribution in [0.5, 0.6) is 5.75 Å². The topological polar surface area (TPSA) is 72.8 Å². The number of fused-ring (bicyclic) bond motifs is 1. The molecule has 0 saturated heterocycles. The van der Waals surface area contributed by atoms with Gasteiger partial charge in [0.05, 0.1) is 5.56 Å². The van der Waals surface area contributed by atoms with Crippen LogP contribution in [-0.2, 0) is 14.3 Å². The molecule has 2 rings (SSSR count). The van der Waals surface area contributed by atoms with Gasteiger partial charge in [0.2, 0.25) is 0 Å². The molecule has 0 bridgehead atoms. The second-order valence-electron chi connectivity index (χ2n) is 4.80. The van der Waals surface area contributed by atoms with Gasteiger partial charge in [-0.05, 0) is 42.0 Å². The Morgan fingerprint density at radius 1 is 1.05 bits per heavy atom. The molecular weight excluding hydrogens is 284 g/mol. The van der Waals surface area contributed by atoms with Gasteiger partial charge in [-0.25, -0.2) is 9.59 Å². The van der Waals surface area contributed by atoms with Crippen molar-refractivity contribution in [3.63, 3.8) is 0 Å². The van der Waals surface area contributed by atoms with Crippen molar-refractivity contribution in [1.29, 1.82) is 0 Å². The van der Waals surface area contributed by atoms with E-state index in [0.29, 0.717) is 11.1 Å². The fraction of sp³-hybridized carbons (Fsp3) is 0.176. The van der Waals surface area contributed by atoms with Gasteiger partial charge in [-0.2, -0.15) is 0 Å². The van der Waals surface area contributed by atoms with Crippen LogP contribution in [0.25, 0.3) is 10.8 Å². The summed E-state index contributed by atoms with van der Waals surface area (Å²) in [6.07, 6.45) is 0. The third-order valence-electron chi connectivity index (χ3n) is 2.96. The van der Waals surface area contributed by atoms with E-state index in [1.165, 1.54) is 0 Å². The summed E-state index contributed by atoms with van der Waals surface area (Å²) in [6, 6.07) is 9.90. The summed E-state index contributed by atoms with van der Waals surface area (Å²) in [6.45, 7) is 4.96. The van der Waals surface area contributed by atoms with Crippen molar-refractivity contribution in [2.75, 3.05) is 13.2 Å². The molecule has 0 heterocycles. The minimum absolute atomic E-state index is 0.0150. The molecule has 0 unspecified atom stereocenters. The Kier molecular flexibility index (Phi) is 4.78. The smallest absolute Gasteiger partial charge is 0.338 e. The minimum Gasteiger partial charge on any atom is -0.508 e. The first-order valence-electron chi connectivity index (χ1n) is 6.70. The lowest BCUT2D eigenvalue weighted by atomic mass is 10.1. The summed E-state index contributed by atoms with van der Waals surface area (Å²) >= 11 is 0. The number of esters is 2. The number of hydrogen-bond acceptors (Lipinski definition) is 5. The highest BCUT2D eigenvalue weighted by atomic mass is 16.6. The van der Waals surface area contributed by atoms with Gasteiger partial charge in [-0.1, -0.05) is 18.7 Å². The quantitative estimate of drug-likeness (QED) is 0.522. The van der Waals surface area contributed by atoms with Gasteiger partial charge in [0.1, 0.15) is 19.0 Å². The molecule has 0 saturated carbocycles. The Labute approximate surface area is 127 Å². The zero-order valence-electron chi connectivity index (χ0n) is 12.2. The molecule has 0 aliphatic heterocycles. The first-order chi connectivity index (χ1) is 10.5. The highest BCUT2D eigenvalue weighted by Gasteiger charge is 2.09. The number of carbonyl (C=O) groups is 2. The van der Waals surface area contributed by atoms with Gasteiger partial charge < -0.3 is 14.6 Å². The lowest BCUT2D eigenvalue weighted by molar-refractivity contribution is -0.140. The van der Waals surface area contributed by atoms with E-state index in [9.17, 15) is 14.7 Å². The molecule has 22 heavy (non-hydrogen) atoms. The van der Waals surface area contributed by atoms with E-state index < -0.39 is 11.9 Å². The van der Waals surface area contributed by atoms with Crippen LogP contribution in [0.4, 0.5) is 0 Å². The number of carbonyl (C=O) groups excluding carboxylic acids is 2. The van der Waals surface area contributed by atoms with E-state index in [4.69, 9.17) is 9.47 Å². The van der Waals surface area contributed by atoms with Gasteiger partial charge in [-0.15, -0.1) is 0 Å². The van der Waals surface area contributed by atoms with Gasteiger partial charge in [0.15, 0.2) is 0 Å². The van der Waals surface area contributed by atoms with Crippen molar-refractivity contribution in [1.82, 2.24) is 0 Å². The zero-order valence-corrected chi connectivity index (χ0v) is 12.2. The monoisotopic (exact) mass is 300 g/mol. The Balaban J connectivity index is 1.94. The third-order valence-corrected chi connectivity index (χ3v) is 2.96. The summed E-state index contributed by atoms with van der Waals surface area (Å²) < 4.78 is 9.87. The van der Waals surface area contributed by atoms with Crippen molar-refractivity contribution in [2.45, 2.75) is 6.92 Å². The molecule has 0 atom stereocenters. The second kappa shape index (κ2) is 6.76. The van der Waals surface area contributed by atoms with Crippen LogP contribution in [-0.4, -0.2) is 30.3 Å². The van der Waals surface area contributed by atoms with Gasteiger partial charge in [0.25, 0.3) is 0 Å². The normalized spacial score (nSPS) is 10.2. The van der Waals surface area contributed by atoms with Crippen molar-refractivity contribution >= 4 is 22.7 Å². The van der Waals surface area contributed by atoms with Crippen LogP contribution in [0.2, 0.25) is 0 Å². The lowest BCUT2D eigenvalue weighted by Gasteiger charge is -2.07. The van der Waals surface area contributed by atoms with E-state index in [2.05, 4.69) is 6.58 Å². The standard InChI is InChI=1S/C17H16O5/c1-11(2)16(19)21-7-8-22-17(20)14-4-3-13-10-15(18)6-5-12(13)9-14/h3-6,9-10,18H,1,7-8H2,2H3. The molecule has 5 nitrogen and oxygen atoms in total. The maximum absolute atomic E-state index is 11.9. The molecular formula is C17H16O5. The molecule has 1 N–H and O–H groups in total. The summed E-state index contributed by atoms with van der Waals surface area (Å²) in [5.41, 5.74) is 0.688. The average Bonchev–Trinajstić information content (AvgIpc) is 2.50. The number of hydrogen-bond donors (Lipinski definition) is 1. The third kappa shape index (κ3) is 3.85. The number of aromatic hydroxyl groups is 1. The Hall–Kier alpha value is -2.82. The Morgan fingerprint density at radius 2 is 1.68 bits per heavy atom. The molecule has 0 spiro atoms.